The van der Waals surface area contributed by atoms with Crippen molar-refractivity contribution in [2.24, 2.45) is 0 Å². The summed E-state index contributed by atoms with van der Waals surface area (Å²) in [6.45, 7) is 1.96. The van der Waals surface area contributed by atoms with Crippen LogP contribution >= 0.6 is 11.6 Å². The lowest BCUT2D eigenvalue weighted by Crippen LogP contribution is -2.36. The van der Waals surface area contributed by atoms with Crippen LogP contribution in [-0.2, 0) is 16.3 Å². The Hall–Kier alpha value is -1.85. The van der Waals surface area contributed by atoms with E-state index in [1.807, 2.05) is 31.2 Å². The van der Waals surface area contributed by atoms with Gasteiger partial charge < -0.3 is 4.90 Å². The maximum Gasteiger partial charge on any atom is 0.260 e. The van der Waals surface area contributed by atoms with E-state index in [9.17, 15) is 13.2 Å². The van der Waals surface area contributed by atoms with Crippen LogP contribution in [0.2, 0.25) is 5.02 Å². The maximum atomic E-state index is 13.0. The molecule has 3 rings (SSSR count). The van der Waals surface area contributed by atoms with Gasteiger partial charge in [0.15, 0.2) is 9.84 Å². The van der Waals surface area contributed by atoms with Crippen molar-refractivity contribution < 1.29 is 13.2 Å². The van der Waals surface area contributed by atoms with Crippen molar-refractivity contribution in [1.29, 1.82) is 0 Å². The van der Waals surface area contributed by atoms with Gasteiger partial charge in [0.2, 0.25) is 0 Å². The van der Waals surface area contributed by atoms with Gasteiger partial charge in [-0.1, -0.05) is 29.8 Å². The standard InChI is InChI=1S/C17H16ClNO3S/c1-11-9-12-5-3-4-6-16(12)19(11)17(20)14-10-13(23(2,21)22)7-8-15(14)18/h3-8,10-11H,9H2,1-2H3/t11-/m1/s1. The fraction of sp³-hybridized carbons (Fsp3) is 0.235. The van der Waals surface area contributed by atoms with Gasteiger partial charge in [0.25, 0.3) is 5.91 Å². The SMILES string of the molecule is C[C@@H]1Cc2ccccc2N1C(=O)c1cc(S(C)(=O)=O)ccc1Cl. The molecule has 2 aromatic rings. The molecule has 0 N–H and O–H groups in total. The minimum Gasteiger partial charge on any atom is -0.305 e. The number of carbonyl (C=O) groups excluding carboxylic acids is 1. The fourth-order valence-electron chi connectivity index (χ4n) is 2.90. The van der Waals surface area contributed by atoms with E-state index in [4.69, 9.17) is 11.6 Å². The van der Waals surface area contributed by atoms with E-state index < -0.39 is 9.84 Å². The third kappa shape index (κ3) is 2.86. The van der Waals surface area contributed by atoms with Crippen LogP contribution in [0.5, 0.6) is 0 Å². The number of anilines is 1. The summed E-state index contributed by atoms with van der Waals surface area (Å²) in [7, 11) is -3.40. The number of benzene rings is 2. The minimum atomic E-state index is -3.40. The van der Waals surface area contributed by atoms with Crippen molar-refractivity contribution in [3.8, 4) is 0 Å². The topological polar surface area (TPSA) is 54.5 Å². The van der Waals surface area contributed by atoms with Gasteiger partial charge in [-0.3, -0.25) is 4.79 Å². The third-order valence-corrected chi connectivity index (χ3v) is 5.46. The molecule has 120 valence electrons. The average molecular weight is 350 g/mol. The van der Waals surface area contributed by atoms with Crippen molar-refractivity contribution >= 4 is 33.0 Å². The van der Waals surface area contributed by atoms with Crippen LogP contribution in [0.3, 0.4) is 0 Å². The first-order valence-electron chi connectivity index (χ1n) is 7.20. The lowest BCUT2D eigenvalue weighted by atomic mass is 10.1. The highest BCUT2D eigenvalue weighted by Gasteiger charge is 2.32. The summed E-state index contributed by atoms with van der Waals surface area (Å²) in [5.41, 5.74) is 2.16. The Morgan fingerprint density at radius 1 is 1.22 bits per heavy atom. The van der Waals surface area contributed by atoms with E-state index in [1.165, 1.54) is 18.2 Å². The predicted molar refractivity (Wildman–Crippen MR) is 91.0 cm³/mol. The third-order valence-electron chi connectivity index (χ3n) is 4.02. The second-order valence-electron chi connectivity index (χ2n) is 5.77. The quantitative estimate of drug-likeness (QED) is 0.835. The van der Waals surface area contributed by atoms with Gasteiger partial charge in [-0.25, -0.2) is 8.42 Å². The summed E-state index contributed by atoms with van der Waals surface area (Å²) in [6, 6.07) is 11.9. The highest BCUT2D eigenvalue weighted by atomic mass is 35.5. The Morgan fingerprint density at radius 2 is 1.91 bits per heavy atom. The van der Waals surface area contributed by atoms with Crippen LogP contribution in [-0.4, -0.2) is 26.6 Å². The number of halogens is 1. The summed E-state index contributed by atoms with van der Waals surface area (Å²) in [4.78, 5) is 14.7. The molecule has 4 nitrogen and oxygen atoms in total. The molecule has 0 radical (unpaired) electrons. The monoisotopic (exact) mass is 349 g/mol. The lowest BCUT2D eigenvalue weighted by Gasteiger charge is -2.23. The first-order valence-corrected chi connectivity index (χ1v) is 9.47. The molecule has 0 fully saturated rings. The molecule has 1 heterocycles. The molecule has 0 aromatic heterocycles. The summed E-state index contributed by atoms with van der Waals surface area (Å²) in [6.07, 6.45) is 1.88. The first kappa shape index (κ1) is 16.0. The van der Waals surface area contributed by atoms with Crippen LogP contribution in [0, 0.1) is 0 Å². The number of hydrogen-bond donors (Lipinski definition) is 0. The molecular formula is C17H16ClNO3S. The number of hydrogen-bond acceptors (Lipinski definition) is 3. The van der Waals surface area contributed by atoms with Gasteiger partial charge in [0.1, 0.15) is 0 Å². The molecular weight excluding hydrogens is 334 g/mol. The Balaban J connectivity index is 2.08. The molecule has 1 aliphatic rings. The number of para-hydroxylation sites is 1. The molecule has 1 amide bonds. The van der Waals surface area contributed by atoms with Gasteiger partial charge in [0, 0.05) is 18.0 Å². The highest BCUT2D eigenvalue weighted by Crippen LogP contribution is 2.34. The van der Waals surface area contributed by atoms with Crippen molar-refractivity contribution in [3.63, 3.8) is 0 Å². The van der Waals surface area contributed by atoms with E-state index in [0.29, 0.717) is 0 Å². The second-order valence-corrected chi connectivity index (χ2v) is 8.19. The summed E-state index contributed by atoms with van der Waals surface area (Å²) in [5.74, 6) is -0.280. The van der Waals surface area contributed by atoms with Gasteiger partial charge in [0.05, 0.1) is 15.5 Å². The number of carbonyl (C=O) groups is 1. The molecule has 0 aliphatic carbocycles. The average Bonchev–Trinajstić information content (AvgIpc) is 2.81. The molecule has 2 aromatic carbocycles. The predicted octanol–water partition coefficient (Wildman–Crippen LogP) is 3.33. The summed E-state index contributed by atoms with van der Waals surface area (Å²) in [5, 5.41) is 0.249. The molecule has 1 aliphatic heterocycles. The number of rotatable bonds is 2. The number of nitrogens with zero attached hydrogens (tertiary/aromatic N) is 1. The molecule has 0 saturated carbocycles. The summed E-state index contributed by atoms with van der Waals surface area (Å²) < 4.78 is 23.5. The van der Waals surface area contributed by atoms with Crippen LogP contribution in [0.25, 0.3) is 0 Å². The number of sulfone groups is 1. The summed E-state index contributed by atoms with van der Waals surface area (Å²) >= 11 is 6.15. The van der Waals surface area contributed by atoms with Gasteiger partial charge >= 0.3 is 0 Å². The Bertz CT molecular complexity index is 892. The van der Waals surface area contributed by atoms with Crippen molar-refractivity contribution in [1.82, 2.24) is 0 Å². The van der Waals surface area contributed by atoms with Crippen molar-refractivity contribution in [3.05, 3.63) is 58.6 Å². The van der Waals surface area contributed by atoms with Crippen LogP contribution in [0.1, 0.15) is 22.8 Å². The van der Waals surface area contributed by atoms with E-state index in [0.717, 1.165) is 23.9 Å². The fourth-order valence-corrected chi connectivity index (χ4v) is 3.75. The van der Waals surface area contributed by atoms with Gasteiger partial charge in [-0.05, 0) is 43.2 Å². The molecule has 0 saturated heterocycles. The molecule has 0 bridgehead atoms. The Labute approximate surface area is 140 Å². The minimum absolute atomic E-state index is 0.00198. The lowest BCUT2D eigenvalue weighted by molar-refractivity contribution is 0.0981. The van der Waals surface area contributed by atoms with E-state index >= 15 is 0 Å². The number of amides is 1. The Morgan fingerprint density at radius 3 is 2.61 bits per heavy atom. The normalized spacial score (nSPS) is 17.2. The maximum absolute atomic E-state index is 13.0. The highest BCUT2D eigenvalue weighted by molar-refractivity contribution is 7.90. The molecule has 6 heteroatoms. The zero-order valence-corrected chi connectivity index (χ0v) is 14.4. The van der Waals surface area contributed by atoms with Gasteiger partial charge in [-0.15, -0.1) is 0 Å². The smallest absolute Gasteiger partial charge is 0.260 e. The molecule has 1 atom stereocenters. The van der Waals surface area contributed by atoms with Crippen molar-refractivity contribution in [2.75, 3.05) is 11.2 Å². The van der Waals surface area contributed by atoms with Crippen molar-refractivity contribution in [2.45, 2.75) is 24.3 Å². The largest absolute Gasteiger partial charge is 0.305 e. The zero-order valence-electron chi connectivity index (χ0n) is 12.8. The molecule has 23 heavy (non-hydrogen) atoms. The molecule has 0 spiro atoms. The van der Waals surface area contributed by atoms with Crippen LogP contribution in [0.15, 0.2) is 47.4 Å². The van der Waals surface area contributed by atoms with E-state index in [1.54, 1.807) is 4.90 Å². The van der Waals surface area contributed by atoms with Gasteiger partial charge in [-0.2, -0.15) is 0 Å². The first-order chi connectivity index (χ1) is 10.8. The van der Waals surface area contributed by atoms with Crippen LogP contribution in [0.4, 0.5) is 5.69 Å². The second kappa shape index (κ2) is 5.65. The zero-order chi connectivity index (χ0) is 16.8. The Kier molecular flexibility index (Phi) is 3.94. The van der Waals surface area contributed by atoms with Crippen LogP contribution < -0.4 is 4.90 Å². The molecule has 0 unspecified atom stereocenters. The van der Waals surface area contributed by atoms with E-state index in [2.05, 4.69) is 0 Å². The number of fused-ring (bicyclic) bond motifs is 1. The van der Waals surface area contributed by atoms with E-state index in [-0.39, 0.29) is 27.4 Å².